The van der Waals surface area contributed by atoms with Gasteiger partial charge in [0.1, 0.15) is 0 Å². The van der Waals surface area contributed by atoms with Gasteiger partial charge in [-0.05, 0) is 13.0 Å². The first kappa shape index (κ1) is 6.01. The minimum Gasteiger partial charge on any atom is -0.348 e. The molecule has 0 bridgehead atoms. The summed E-state index contributed by atoms with van der Waals surface area (Å²) in [4.78, 5) is 20.8. The second kappa shape index (κ2) is 2.01. The quantitative estimate of drug-likeness (QED) is 0.384. The van der Waals surface area contributed by atoms with Gasteiger partial charge in [-0.25, -0.2) is 0 Å². The van der Waals surface area contributed by atoms with Gasteiger partial charge in [-0.3, -0.25) is 9.59 Å². The minimum absolute atomic E-state index is 0.0696. The molecule has 0 aromatic rings. The number of rotatable bonds is 1. The van der Waals surface area contributed by atoms with Gasteiger partial charge < -0.3 is 5.32 Å². The molecule has 0 unspecified atom stereocenters. The lowest BCUT2D eigenvalue weighted by Gasteiger charge is -2.16. The molecule has 1 heterocycles. The Kier molecular flexibility index (Phi) is 1.34. The van der Waals surface area contributed by atoms with Crippen LogP contribution in [0.2, 0.25) is 0 Å². The van der Waals surface area contributed by atoms with Crippen LogP contribution in [0.25, 0.3) is 0 Å². The molecular weight excluding hydrogens is 118 g/mol. The van der Waals surface area contributed by atoms with E-state index in [1.165, 1.54) is 13.0 Å². The summed E-state index contributed by atoms with van der Waals surface area (Å²) in [6.07, 6.45) is 1.36. The molecule has 0 spiro atoms. The number of hydrogen-bond acceptors (Lipinski definition) is 2. The average molecular weight is 125 g/mol. The Morgan fingerprint density at radius 2 is 2.44 bits per heavy atom. The number of ketones is 1. The van der Waals surface area contributed by atoms with E-state index >= 15 is 0 Å². The van der Waals surface area contributed by atoms with Crippen molar-refractivity contribution in [1.82, 2.24) is 5.32 Å². The van der Waals surface area contributed by atoms with Crippen LogP contribution in [-0.2, 0) is 9.59 Å². The average Bonchev–Trinajstić information content (AvgIpc) is 1.79. The lowest BCUT2D eigenvalue weighted by atomic mass is 10.1. The Hall–Kier alpha value is -1.12. The number of carbonyl (C=O) groups excluding carboxylic acids is 2. The second-order valence-corrected chi connectivity index (χ2v) is 1.96. The van der Waals surface area contributed by atoms with Gasteiger partial charge in [-0.1, -0.05) is 0 Å². The van der Waals surface area contributed by atoms with Gasteiger partial charge in [0.15, 0.2) is 5.78 Å². The molecule has 1 amide bonds. The van der Waals surface area contributed by atoms with Crippen molar-refractivity contribution in [3.8, 4) is 0 Å². The van der Waals surface area contributed by atoms with Crippen molar-refractivity contribution in [2.24, 2.45) is 0 Å². The fourth-order valence-electron chi connectivity index (χ4n) is 0.625. The van der Waals surface area contributed by atoms with E-state index in [1.807, 2.05) is 0 Å². The van der Waals surface area contributed by atoms with Crippen molar-refractivity contribution < 1.29 is 9.59 Å². The van der Waals surface area contributed by atoms with Gasteiger partial charge in [-0.2, -0.15) is 0 Å². The zero-order valence-electron chi connectivity index (χ0n) is 5.10. The molecule has 1 rings (SSSR count). The zero-order chi connectivity index (χ0) is 6.85. The fourth-order valence-corrected chi connectivity index (χ4v) is 0.625. The molecule has 0 aromatic heterocycles. The monoisotopic (exact) mass is 125 g/mol. The highest BCUT2D eigenvalue weighted by Gasteiger charge is 2.18. The van der Waals surface area contributed by atoms with Crippen LogP contribution in [-0.4, -0.2) is 18.2 Å². The molecule has 0 atom stereocenters. The highest BCUT2D eigenvalue weighted by Crippen LogP contribution is 2.01. The molecule has 1 fully saturated rings. The van der Waals surface area contributed by atoms with Crippen LogP contribution in [0.3, 0.4) is 0 Å². The third kappa shape index (κ3) is 1.16. The van der Waals surface area contributed by atoms with Crippen LogP contribution in [0.4, 0.5) is 0 Å². The van der Waals surface area contributed by atoms with Crippen molar-refractivity contribution in [2.75, 3.05) is 6.54 Å². The Morgan fingerprint density at radius 3 is 2.56 bits per heavy atom. The summed E-state index contributed by atoms with van der Waals surface area (Å²) in [5.41, 5.74) is 0.586. The minimum atomic E-state index is -0.120. The summed E-state index contributed by atoms with van der Waals surface area (Å²) < 4.78 is 0. The molecule has 3 heteroatoms. The van der Waals surface area contributed by atoms with Crippen LogP contribution in [0.5, 0.6) is 0 Å². The van der Waals surface area contributed by atoms with Gasteiger partial charge >= 0.3 is 0 Å². The largest absolute Gasteiger partial charge is 0.348 e. The first-order valence-corrected chi connectivity index (χ1v) is 2.69. The van der Waals surface area contributed by atoms with Crippen LogP contribution in [0.15, 0.2) is 11.6 Å². The molecule has 1 N–H and O–H groups in total. The molecular formula is C6H7NO2. The van der Waals surface area contributed by atoms with Crippen molar-refractivity contribution in [3.05, 3.63) is 11.6 Å². The Morgan fingerprint density at radius 1 is 1.78 bits per heavy atom. The molecule has 1 aliphatic rings. The van der Waals surface area contributed by atoms with E-state index in [2.05, 4.69) is 5.32 Å². The highest BCUT2D eigenvalue weighted by molar-refractivity contribution is 6.05. The molecule has 1 saturated heterocycles. The Labute approximate surface area is 52.7 Å². The Bertz CT molecular complexity index is 193. The summed E-state index contributed by atoms with van der Waals surface area (Å²) in [5, 5.41) is 2.50. The maximum Gasteiger partial charge on any atom is 0.249 e. The van der Waals surface area contributed by atoms with E-state index in [0.717, 1.165) is 0 Å². The van der Waals surface area contributed by atoms with Gasteiger partial charge in [0, 0.05) is 12.1 Å². The molecule has 3 nitrogen and oxygen atoms in total. The summed E-state index contributed by atoms with van der Waals surface area (Å²) in [7, 11) is 0. The van der Waals surface area contributed by atoms with E-state index in [-0.39, 0.29) is 11.7 Å². The predicted octanol–water partition coefficient (Wildman–Crippen LogP) is -0.368. The summed E-state index contributed by atoms with van der Waals surface area (Å²) in [5.74, 6) is -0.190. The van der Waals surface area contributed by atoms with Crippen LogP contribution in [0.1, 0.15) is 6.92 Å². The van der Waals surface area contributed by atoms with Gasteiger partial charge in [0.25, 0.3) is 0 Å². The number of amides is 1. The van der Waals surface area contributed by atoms with Crippen molar-refractivity contribution in [2.45, 2.75) is 6.92 Å². The number of nitrogens with one attached hydrogen (secondary N) is 1. The molecule has 9 heavy (non-hydrogen) atoms. The first-order valence-electron chi connectivity index (χ1n) is 2.69. The molecule has 48 valence electrons. The number of β-lactam (4-membered cyclic amide) rings is 1. The topological polar surface area (TPSA) is 46.2 Å². The molecule has 0 aliphatic carbocycles. The maximum atomic E-state index is 10.4. The van der Waals surface area contributed by atoms with E-state index in [0.29, 0.717) is 12.1 Å². The highest BCUT2D eigenvalue weighted by atomic mass is 16.2. The molecule has 0 aromatic carbocycles. The third-order valence-electron chi connectivity index (χ3n) is 1.11. The Balaban J connectivity index is 2.62. The standard InChI is InChI=1S/C6H7NO2/c1-4(8)2-5-3-7-6(5)9/h2H,3H2,1H3,(H,7,9)/b5-2+. The van der Waals surface area contributed by atoms with Crippen molar-refractivity contribution >= 4 is 11.7 Å². The fraction of sp³-hybridized carbons (Fsp3) is 0.333. The van der Waals surface area contributed by atoms with Gasteiger partial charge in [-0.15, -0.1) is 0 Å². The van der Waals surface area contributed by atoms with Crippen LogP contribution >= 0.6 is 0 Å². The van der Waals surface area contributed by atoms with E-state index < -0.39 is 0 Å². The first-order chi connectivity index (χ1) is 4.20. The number of carbonyl (C=O) groups is 2. The van der Waals surface area contributed by atoms with E-state index in [4.69, 9.17) is 0 Å². The van der Waals surface area contributed by atoms with Crippen molar-refractivity contribution in [1.29, 1.82) is 0 Å². The summed E-state index contributed by atoms with van der Waals surface area (Å²) >= 11 is 0. The lowest BCUT2D eigenvalue weighted by molar-refractivity contribution is -0.121. The summed E-state index contributed by atoms with van der Waals surface area (Å²) in [6.45, 7) is 1.97. The molecule has 1 aliphatic heterocycles. The normalized spacial score (nSPS) is 21.0. The van der Waals surface area contributed by atoms with Crippen molar-refractivity contribution in [3.63, 3.8) is 0 Å². The summed E-state index contributed by atoms with van der Waals surface area (Å²) in [6, 6.07) is 0. The van der Waals surface area contributed by atoms with Crippen LogP contribution in [0, 0.1) is 0 Å². The van der Waals surface area contributed by atoms with Crippen LogP contribution < -0.4 is 5.32 Å². The second-order valence-electron chi connectivity index (χ2n) is 1.96. The predicted molar refractivity (Wildman–Crippen MR) is 31.8 cm³/mol. The zero-order valence-corrected chi connectivity index (χ0v) is 5.10. The maximum absolute atomic E-state index is 10.4. The number of allylic oxidation sites excluding steroid dienone is 1. The SMILES string of the molecule is CC(=O)/C=C1\CNC1=O. The van der Waals surface area contributed by atoms with Gasteiger partial charge in [0.05, 0.1) is 0 Å². The van der Waals surface area contributed by atoms with E-state index in [9.17, 15) is 9.59 Å². The van der Waals surface area contributed by atoms with E-state index in [1.54, 1.807) is 0 Å². The molecule has 0 saturated carbocycles. The molecule has 0 radical (unpaired) electrons. The lowest BCUT2D eigenvalue weighted by Crippen LogP contribution is -2.41. The number of hydrogen-bond donors (Lipinski definition) is 1. The smallest absolute Gasteiger partial charge is 0.249 e. The van der Waals surface area contributed by atoms with Gasteiger partial charge in [0.2, 0.25) is 5.91 Å². The third-order valence-corrected chi connectivity index (χ3v) is 1.11.